The number of hydrogen-bond donors (Lipinski definition) is 4. The van der Waals surface area contributed by atoms with Gasteiger partial charge in [0.15, 0.2) is 0 Å². The highest BCUT2D eigenvalue weighted by molar-refractivity contribution is 7.92. The molecular formula is C22H28N3O7PS. The van der Waals surface area contributed by atoms with Gasteiger partial charge in [-0.05, 0) is 67.3 Å². The summed E-state index contributed by atoms with van der Waals surface area (Å²) in [6.45, 7) is 4.13. The van der Waals surface area contributed by atoms with Gasteiger partial charge in [-0.25, -0.2) is 8.42 Å². The molecule has 2 aromatic carbocycles. The van der Waals surface area contributed by atoms with Crippen molar-refractivity contribution in [1.82, 2.24) is 0 Å². The van der Waals surface area contributed by atoms with Crippen LogP contribution in [-0.2, 0) is 24.2 Å². The molecule has 0 radical (unpaired) electrons. The van der Waals surface area contributed by atoms with Crippen molar-refractivity contribution in [1.29, 1.82) is 0 Å². The fraction of sp³-hybridized carbons (Fsp3) is 0.364. The van der Waals surface area contributed by atoms with Crippen molar-refractivity contribution >= 4 is 46.5 Å². The van der Waals surface area contributed by atoms with Crippen LogP contribution in [0.3, 0.4) is 0 Å². The lowest BCUT2D eigenvalue weighted by molar-refractivity contribution is -0.117. The zero-order valence-electron chi connectivity index (χ0n) is 18.8. The largest absolute Gasteiger partial charge is 0.337 e. The molecule has 184 valence electrons. The van der Waals surface area contributed by atoms with Gasteiger partial charge in [0.25, 0.3) is 10.0 Å². The molecule has 10 nitrogen and oxygen atoms in total. The van der Waals surface area contributed by atoms with Crippen LogP contribution >= 0.6 is 7.60 Å². The molecule has 4 N–H and O–H groups in total. The number of carbonyl (C=O) groups excluding carboxylic acids is 2. The number of anilines is 3. The Morgan fingerprint density at radius 3 is 2.15 bits per heavy atom. The van der Waals surface area contributed by atoms with E-state index in [0.29, 0.717) is 18.7 Å². The molecule has 0 aliphatic carbocycles. The Morgan fingerprint density at radius 2 is 1.65 bits per heavy atom. The number of sulfonamides is 1. The van der Waals surface area contributed by atoms with Crippen LogP contribution in [0.4, 0.5) is 17.1 Å². The van der Waals surface area contributed by atoms with Crippen LogP contribution in [0.2, 0.25) is 0 Å². The van der Waals surface area contributed by atoms with Gasteiger partial charge in [-0.1, -0.05) is 13.8 Å². The maximum atomic E-state index is 12.7. The summed E-state index contributed by atoms with van der Waals surface area (Å²) in [5, 5.41) is 2.47. The van der Waals surface area contributed by atoms with Crippen LogP contribution in [0.25, 0.3) is 0 Å². The summed E-state index contributed by atoms with van der Waals surface area (Å²) in [5.74, 6) is -0.880. The van der Waals surface area contributed by atoms with Gasteiger partial charge < -0.3 is 20.0 Å². The Bertz CT molecular complexity index is 1190. The van der Waals surface area contributed by atoms with Gasteiger partial charge in [0, 0.05) is 30.0 Å². The molecule has 1 fully saturated rings. The lowest BCUT2D eigenvalue weighted by atomic mass is 10.1. The topological polar surface area (TPSA) is 153 Å². The number of rotatable bonds is 9. The highest BCUT2D eigenvalue weighted by atomic mass is 32.2. The predicted octanol–water partition coefficient (Wildman–Crippen LogP) is 3.15. The molecule has 0 aromatic heterocycles. The van der Waals surface area contributed by atoms with Crippen LogP contribution < -0.4 is 14.9 Å². The van der Waals surface area contributed by atoms with E-state index in [9.17, 15) is 32.4 Å². The Labute approximate surface area is 198 Å². The summed E-state index contributed by atoms with van der Waals surface area (Å²) in [5.41, 5.74) is -0.308. The van der Waals surface area contributed by atoms with Gasteiger partial charge in [0.05, 0.1) is 4.90 Å². The highest BCUT2D eigenvalue weighted by Crippen LogP contribution is 2.44. The molecule has 0 saturated carbocycles. The Kier molecular flexibility index (Phi) is 7.82. The zero-order chi connectivity index (χ0) is 25.1. The van der Waals surface area contributed by atoms with E-state index in [2.05, 4.69) is 10.0 Å². The summed E-state index contributed by atoms with van der Waals surface area (Å²) in [4.78, 5) is 44.9. The summed E-state index contributed by atoms with van der Waals surface area (Å²) in [6.07, 6.45) is 1.28. The third-order valence-electron chi connectivity index (χ3n) is 5.34. The van der Waals surface area contributed by atoms with Crippen molar-refractivity contribution in [2.75, 3.05) is 21.5 Å². The molecule has 0 bridgehead atoms. The van der Waals surface area contributed by atoms with Gasteiger partial charge >= 0.3 is 7.60 Å². The van der Waals surface area contributed by atoms with E-state index in [4.69, 9.17) is 0 Å². The van der Waals surface area contributed by atoms with E-state index < -0.39 is 29.2 Å². The van der Waals surface area contributed by atoms with Crippen molar-refractivity contribution in [3.8, 4) is 0 Å². The lowest BCUT2D eigenvalue weighted by Gasteiger charge is -2.19. The highest BCUT2D eigenvalue weighted by Gasteiger charge is 2.36. The number of nitrogens with zero attached hydrogens (tertiary/aromatic N) is 1. The predicted molar refractivity (Wildman–Crippen MR) is 129 cm³/mol. The van der Waals surface area contributed by atoms with Crippen LogP contribution in [0.15, 0.2) is 53.4 Å². The minimum absolute atomic E-state index is 0.0113. The minimum atomic E-state index is -4.63. The van der Waals surface area contributed by atoms with Gasteiger partial charge in [0.2, 0.25) is 11.8 Å². The second kappa shape index (κ2) is 10.3. The third kappa shape index (κ3) is 6.44. The summed E-state index contributed by atoms with van der Waals surface area (Å²) < 4.78 is 39.6. The Morgan fingerprint density at radius 1 is 1.06 bits per heavy atom. The first-order chi connectivity index (χ1) is 15.9. The second-order valence-corrected chi connectivity index (χ2v) is 12.0. The minimum Gasteiger partial charge on any atom is -0.325 e. The Balaban J connectivity index is 1.67. The van der Waals surface area contributed by atoms with Crippen LogP contribution in [0.1, 0.15) is 33.1 Å². The van der Waals surface area contributed by atoms with Crippen LogP contribution in [0, 0.1) is 5.92 Å². The molecule has 3 rings (SSSR count). The SMILES string of the molecule is CC(C)CC(C(=O)Nc1ccc(NS(=O)(=O)c2ccc(N3CCCC3=O)cc2)cc1)P(=O)(O)O. The van der Waals surface area contributed by atoms with Gasteiger partial charge in [0.1, 0.15) is 5.66 Å². The lowest BCUT2D eigenvalue weighted by Crippen LogP contribution is -2.29. The molecule has 0 spiro atoms. The maximum absolute atomic E-state index is 12.7. The maximum Gasteiger partial charge on any atom is 0.337 e. The third-order valence-corrected chi connectivity index (χ3v) is 7.99. The van der Waals surface area contributed by atoms with E-state index in [1.165, 1.54) is 36.4 Å². The molecule has 2 amide bonds. The first-order valence-corrected chi connectivity index (χ1v) is 13.9. The van der Waals surface area contributed by atoms with Crippen molar-refractivity contribution in [2.24, 2.45) is 5.92 Å². The number of nitrogens with one attached hydrogen (secondary N) is 2. The molecule has 1 atom stereocenters. The van der Waals surface area contributed by atoms with E-state index in [1.54, 1.807) is 30.9 Å². The molecule has 1 unspecified atom stereocenters. The summed E-state index contributed by atoms with van der Waals surface area (Å²) in [6, 6.07) is 11.8. The first kappa shape index (κ1) is 25.9. The average Bonchev–Trinajstić information content (AvgIpc) is 3.18. The molecule has 34 heavy (non-hydrogen) atoms. The molecule has 1 saturated heterocycles. The van der Waals surface area contributed by atoms with E-state index in [0.717, 1.165) is 6.42 Å². The number of hydrogen-bond acceptors (Lipinski definition) is 5. The molecule has 1 aliphatic heterocycles. The van der Waals surface area contributed by atoms with Gasteiger partial charge in [-0.2, -0.15) is 0 Å². The van der Waals surface area contributed by atoms with Gasteiger partial charge in [-0.15, -0.1) is 0 Å². The summed E-state index contributed by atoms with van der Waals surface area (Å²) in [7, 11) is -8.53. The molecule has 1 heterocycles. The van der Waals surface area contributed by atoms with E-state index in [1.807, 2.05) is 0 Å². The number of benzene rings is 2. The van der Waals surface area contributed by atoms with Crippen LogP contribution in [-0.4, -0.2) is 42.2 Å². The molecule has 2 aromatic rings. The Hall–Kier alpha value is -2.72. The fourth-order valence-corrected chi connectivity index (χ4v) is 5.76. The smallest absolute Gasteiger partial charge is 0.325 e. The van der Waals surface area contributed by atoms with E-state index in [-0.39, 0.29) is 34.5 Å². The quantitative estimate of drug-likeness (QED) is 0.379. The number of carbonyl (C=O) groups is 2. The zero-order valence-corrected chi connectivity index (χ0v) is 20.6. The van der Waals surface area contributed by atoms with Crippen molar-refractivity contribution in [3.05, 3.63) is 48.5 Å². The van der Waals surface area contributed by atoms with Gasteiger partial charge in [-0.3, -0.25) is 18.9 Å². The first-order valence-electron chi connectivity index (χ1n) is 10.8. The monoisotopic (exact) mass is 509 g/mol. The average molecular weight is 510 g/mol. The number of amides is 2. The van der Waals surface area contributed by atoms with Crippen molar-refractivity contribution < 1.29 is 32.4 Å². The van der Waals surface area contributed by atoms with Crippen molar-refractivity contribution in [2.45, 2.75) is 43.7 Å². The standard InChI is InChI=1S/C22H28N3O7PS/c1-15(2)14-20(33(28,29)30)22(27)23-16-5-7-17(8-6-16)24-34(31,32)19-11-9-18(10-12-19)25-13-3-4-21(25)26/h5-12,15,20,24H,3-4,13-14H2,1-2H3,(H,23,27)(H2,28,29,30). The molecular weight excluding hydrogens is 481 g/mol. The second-order valence-electron chi connectivity index (χ2n) is 8.55. The fourth-order valence-electron chi connectivity index (χ4n) is 3.63. The summed E-state index contributed by atoms with van der Waals surface area (Å²) >= 11 is 0. The van der Waals surface area contributed by atoms with Crippen LogP contribution in [0.5, 0.6) is 0 Å². The molecule has 12 heteroatoms. The molecule has 1 aliphatic rings. The normalized spacial score (nSPS) is 15.4. The van der Waals surface area contributed by atoms with Crippen molar-refractivity contribution in [3.63, 3.8) is 0 Å². The van der Waals surface area contributed by atoms with E-state index >= 15 is 0 Å².